The third kappa shape index (κ3) is 6.58. The second-order valence-electron chi connectivity index (χ2n) is 2.21. The second-order valence-corrected chi connectivity index (χ2v) is 2.21. The lowest BCUT2D eigenvalue weighted by Gasteiger charge is -1.97. The average Bonchev–Trinajstić information content (AvgIpc) is 2.24. The molecule has 0 nitrogen and oxygen atoms in total. The van der Waals surface area contributed by atoms with Crippen molar-refractivity contribution in [2.45, 2.75) is 41.0 Å². The molecule has 1 aromatic rings. The normalized spacial score (nSPS) is 8.29. The van der Waals surface area contributed by atoms with Gasteiger partial charge in [0.25, 0.3) is 6.43 Å². The van der Waals surface area contributed by atoms with E-state index in [9.17, 15) is 8.78 Å². The van der Waals surface area contributed by atoms with Crippen LogP contribution in [0.4, 0.5) is 8.78 Å². The lowest BCUT2D eigenvalue weighted by Crippen LogP contribution is -1.82. The molecule has 14 heavy (non-hydrogen) atoms. The smallest absolute Gasteiger partial charge is 0.205 e. The Morgan fingerprint density at radius 3 is 1.50 bits per heavy atom. The number of alkyl halides is 2. The average molecular weight is 202 g/mol. The van der Waals surface area contributed by atoms with Crippen LogP contribution in [0.15, 0.2) is 24.3 Å². The highest BCUT2D eigenvalue weighted by Gasteiger charge is 2.03. The molecular weight excluding hydrogens is 182 g/mol. The van der Waals surface area contributed by atoms with E-state index in [1.807, 2.05) is 34.6 Å². The first-order valence-electron chi connectivity index (χ1n) is 5.05. The van der Waals surface area contributed by atoms with Crippen molar-refractivity contribution in [3.05, 3.63) is 35.4 Å². The van der Waals surface area contributed by atoms with Crippen molar-refractivity contribution in [1.29, 1.82) is 0 Å². The largest absolute Gasteiger partial charge is 0.263 e. The summed E-state index contributed by atoms with van der Waals surface area (Å²) in [5.74, 6) is 0. The first-order chi connectivity index (χ1) is 6.70. The number of hydrogen-bond acceptors (Lipinski definition) is 0. The highest BCUT2D eigenvalue weighted by Crippen LogP contribution is 2.17. The van der Waals surface area contributed by atoms with Crippen molar-refractivity contribution in [3.8, 4) is 0 Å². The molecular formula is C12H20F2. The van der Waals surface area contributed by atoms with E-state index in [1.54, 1.807) is 12.1 Å². The Bertz CT molecular complexity index is 202. The summed E-state index contributed by atoms with van der Waals surface area (Å²) in [5.41, 5.74) is 1.09. The maximum absolute atomic E-state index is 11.9. The van der Waals surface area contributed by atoms with Gasteiger partial charge in [-0.15, -0.1) is 0 Å². The Morgan fingerprint density at radius 1 is 0.857 bits per heavy atom. The summed E-state index contributed by atoms with van der Waals surface area (Å²) in [7, 11) is 0. The summed E-state index contributed by atoms with van der Waals surface area (Å²) in [4.78, 5) is 0. The SMILES string of the molecule is CC.CC.Cc1ccc(C(F)F)cc1. The predicted molar refractivity (Wildman–Crippen MR) is 58.8 cm³/mol. The van der Waals surface area contributed by atoms with E-state index in [4.69, 9.17) is 0 Å². The predicted octanol–water partition coefficient (Wildman–Crippen LogP) is 4.99. The van der Waals surface area contributed by atoms with Gasteiger partial charge in [-0.1, -0.05) is 57.5 Å². The zero-order chi connectivity index (χ0) is 11.6. The van der Waals surface area contributed by atoms with Crippen LogP contribution in [0.2, 0.25) is 0 Å². The summed E-state index contributed by atoms with van der Waals surface area (Å²) in [5, 5.41) is 0. The Labute approximate surface area is 86.0 Å². The highest BCUT2D eigenvalue weighted by molar-refractivity contribution is 5.21. The lowest BCUT2D eigenvalue weighted by molar-refractivity contribution is 0.151. The molecule has 0 spiro atoms. The standard InChI is InChI=1S/C8H8F2.2C2H6/c1-6-2-4-7(5-3-6)8(9)10;2*1-2/h2-5,8H,1H3;2*1-2H3. The molecule has 82 valence electrons. The third-order valence-corrected chi connectivity index (χ3v) is 1.33. The molecule has 0 N–H and O–H groups in total. The zero-order valence-electron chi connectivity index (χ0n) is 9.64. The summed E-state index contributed by atoms with van der Waals surface area (Å²) < 4.78 is 23.8. The van der Waals surface area contributed by atoms with E-state index in [0.29, 0.717) is 0 Å². The maximum Gasteiger partial charge on any atom is 0.263 e. The van der Waals surface area contributed by atoms with E-state index in [0.717, 1.165) is 5.56 Å². The van der Waals surface area contributed by atoms with Crippen molar-refractivity contribution in [2.24, 2.45) is 0 Å². The zero-order valence-corrected chi connectivity index (χ0v) is 9.64. The van der Waals surface area contributed by atoms with Crippen molar-refractivity contribution in [3.63, 3.8) is 0 Å². The van der Waals surface area contributed by atoms with E-state index in [1.165, 1.54) is 12.1 Å². The van der Waals surface area contributed by atoms with Crippen LogP contribution in [-0.4, -0.2) is 0 Å². The van der Waals surface area contributed by atoms with Crippen LogP contribution in [0, 0.1) is 6.92 Å². The van der Waals surface area contributed by atoms with Crippen molar-refractivity contribution in [1.82, 2.24) is 0 Å². The van der Waals surface area contributed by atoms with Crippen LogP contribution in [-0.2, 0) is 0 Å². The molecule has 0 atom stereocenters. The molecule has 0 fully saturated rings. The van der Waals surface area contributed by atoms with Gasteiger partial charge in [0, 0.05) is 5.56 Å². The molecule has 0 saturated carbocycles. The molecule has 0 saturated heterocycles. The number of halogens is 2. The first-order valence-corrected chi connectivity index (χ1v) is 5.05. The minimum absolute atomic E-state index is 0.0885. The lowest BCUT2D eigenvalue weighted by atomic mass is 10.2. The summed E-state index contributed by atoms with van der Waals surface area (Å²) in [6, 6.07) is 6.25. The molecule has 0 aliphatic heterocycles. The van der Waals surface area contributed by atoms with Crippen LogP contribution >= 0.6 is 0 Å². The third-order valence-electron chi connectivity index (χ3n) is 1.33. The van der Waals surface area contributed by atoms with Gasteiger partial charge in [0.1, 0.15) is 0 Å². The molecule has 0 radical (unpaired) electrons. The molecule has 0 unspecified atom stereocenters. The van der Waals surface area contributed by atoms with Gasteiger partial charge in [0.05, 0.1) is 0 Å². The molecule has 0 amide bonds. The maximum atomic E-state index is 11.9. The van der Waals surface area contributed by atoms with Gasteiger partial charge in [0.2, 0.25) is 0 Å². The molecule has 1 rings (SSSR count). The van der Waals surface area contributed by atoms with Crippen LogP contribution < -0.4 is 0 Å². The molecule has 0 bridgehead atoms. The molecule has 0 aliphatic carbocycles. The quantitative estimate of drug-likeness (QED) is 0.602. The van der Waals surface area contributed by atoms with Gasteiger partial charge in [-0.25, -0.2) is 8.78 Å². The fourth-order valence-electron chi connectivity index (χ4n) is 0.712. The number of benzene rings is 1. The van der Waals surface area contributed by atoms with E-state index >= 15 is 0 Å². The van der Waals surface area contributed by atoms with Gasteiger partial charge in [-0.05, 0) is 6.92 Å². The van der Waals surface area contributed by atoms with Crippen molar-refractivity contribution in [2.75, 3.05) is 0 Å². The Morgan fingerprint density at radius 2 is 1.21 bits per heavy atom. The summed E-state index contributed by atoms with van der Waals surface area (Å²) in [6.45, 7) is 9.87. The van der Waals surface area contributed by atoms with Crippen LogP contribution in [0.1, 0.15) is 45.2 Å². The van der Waals surface area contributed by atoms with E-state index in [2.05, 4.69) is 0 Å². The minimum atomic E-state index is -2.35. The number of aryl methyl sites for hydroxylation is 1. The highest BCUT2D eigenvalue weighted by atomic mass is 19.3. The summed E-state index contributed by atoms with van der Waals surface area (Å²) in [6.07, 6.45) is -2.35. The molecule has 1 aromatic carbocycles. The first kappa shape index (κ1) is 15.5. The topological polar surface area (TPSA) is 0 Å². The van der Waals surface area contributed by atoms with Gasteiger partial charge < -0.3 is 0 Å². The van der Waals surface area contributed by atoms with Crippen LogP contribution in [0.3, 0.4) is 0 Å². The Kier molecular flexibility index (Phi) is 11.3. The minimum Gasteiger partial charge on any atom is -0.205 e. The Balaban J connectivity index is 0. The molecule has 0 aliphatic rings. The Hall–Kier alpha value is -0.920. The molecule has 0 heterocycles. The van der Waals surface area contributed by atoms with Gasteiger partial charge in [-0.3, -0.25) is 0 Å². The number of rotatable bonds is 1. The van der Waals surface area contributed by atoms with Crippen LogP contribution in [0.5, 0.6) is 0 Å². The van der Waals surface area contributed by atoms with Crippen LogP contribution in [0.25, 0.3) is 0 Å². The fraction of sp³-hybridized carbons (Fsp3) is 0.500. The van der Waals surface area contributed by atoms with Gasteiger partial charge >= 0.3 is 0 Å². The van der Waals surface area contributed by atoms with E-state index < -0.39 is 6.43 Å². The monoisotopic (exact) mass is 202 g/mol. The number of hydrogen-bond donors (Lipinski definition) is 0. The molecule has 0 aromatic heterocycles. The van der Waals surface area contributed by atoms with Gasteiger partial charge in [0.15, 0.2) is 0 Å². The van der Waals surface area contributed by atoms with Gasteiger partial charge in [-0.2, -0.15) is 0 Å². The van der Waals surface area contributed by atoms with E-state index in [-0.39, 0.29) is 5.56 Å². The van der Waals surface area contributed by atoms with Crippen molar-refractivity contribution < 1.29 is 8.78 Å². The summed E-state index contributed by atoms with van der Waals surface area (Å²) >= 11 is 0. The second kappa shape index (κ2) is 10.2. The van der Waals surface area contributed by atoms with Crippen molar-refractivity contribution >= 4 is 0 Å². The fourth-order valence-corrected chi connectivity index (χ4v) is 0.712. The molecule has 2 heteroatoms.